The standard InChI is InChI=1S/C19H18N8OS/c1-4-13(28-14-7-9-22-10-8-14)6-5-12(2)23-16-15(11-20)17-24-19(29-3)25-18(21)27(17)26-16/h4-10H,2H2,1,3H3,(H,23,26)(H2,21,24,25)/b6-5-,13-4+. The van der Waals surface area contributed by atoms with Gasteiger partial charge in [0.1, 0.15) is 23.1 Å². The van der Waals surface area contributed by atoms with Gasteiger partial charge in [0, 0.05) is 18.1 Å². The zero-order chi connectivity index (χ0) is 20.8. The molecule has 0 atom stereocenters. The number of hydrogen-bond donors (Lipinski definition) is 2. The van der Waals surface area contributed by atoms with Crippen molar-refractivity contribution in [1.29, 1.82) is 5.26 Å². The lowest BCUT2D eigenvalue weighted by molar-refractivity contribution is 0.442. The van der Waals surface area contributed by atoms with E-state index in [4.69, 9.17) is 10.5 Å². The molecule has 0 fully saturated rings. The third-order valence-electron chi connectivity index (χ3n) is 3.68. The maximum atomic E-state index is 9.56. The number of anilines is 2. The van der Waals surface area contributed by atoms with E-state index in [2.05, 4.69) is 38.0 Å². The number of pyridine rings is 1. The van der Waals surface area contributed by atoms with Crippen molar-refractivity contribution in [1.82, 2.24) is 24.6 Å². The summed E-state index contributed by atoms with van der Waals surface area (Å²) in [5, 5.41) is 17.3. The van der Waals surface area contributed by atoms with E-state index in [9.17, 15) is 5.26 Å². The van der Waals surface area contributed by atoms with Gasteiger partial charge in [-0.15, -0.1) is 5.10 Å². The Bertz CT molecular complexity index is 1140. The second kappa shape index (κ2) is 8.90. The lowest BCUT2D eigenvalue weighted by Crippen LogP contribution is -2.05. The van der Waals surface area contributed by atoms with Crippen LogP contribution in [0, 0.1) is 11.3 Å². The normalized spacial score (nSPS) is 11.6. The Labute approximate surface area is 171 Å². The first kappa shape index (κ1) is 19.9. The zero-order valence-electron chi connectivity index (χ0n) is 15.8. The second-order valence-corrected chi connectivity index (χ2v) is 6.37. The Balaban J connectivity index is 1.80. The molecule has 3 aromatic rings. The Hall–Kier alpha value is -3.84. The zero-order valence-corrected chi connectivity index (χ0v) is 16.6. The Morgan fingerprint density at radius 1 is 1.34 bits per heavy atom. The van der Waals surface area contributed by atoms with Gasteiger partial charge in [0.25, 0.3) is 0 Å². The summed E-state index contributed by atoms with van der Waals surface area (Å²) >= 11 is 1.33. The van der Waals surface area contributed by atoms with Gasteiger partial charge in [-0.05, 0) is 43.5 Å². The first-order chi connectivity index (χ1) is 14.0. The number of nitrogens with two attached hydrogens (primary N) is 1. The summed E-state index contributed by atoms with van der Waals surface area (Å²) < 4.78 is 7.08. The lowest BCUT2D eigenvalue weighted by atomic mass is 10.3. The van der Waals surface area contributed by atoms with Gasteiger partial charge in [-0.25, -0.2) is 4.98 Å². The average molecular weight is 406 g/mol. The van der Waals surface area contributed by atoms with Crippen LogP contribution < -0.4 is 15.8 Å². The number of nitrogens with zero attached hydrogens (tertiary/aromatic N) is 6. The quantitative estimate of drug-likeness (QED) is 0.345. The van der Waals surface area contributed by atoms with E-state index >= 15 is 0 Å². The second-order valence-electron chi connectivity index (χ2n) is 5.60. The molecular weight excluding hydrogens is 388 g/mol. The summed E-state index contributed by atoms with van der Waals surface area (Å²) in [6.45, 7) is 5.80. The number of thioether (sulfide) groups is 1. The van der Waals surface area contributed by atoms with Crippen molar-refractivity contribution >= 4 is 29.2 Å². The first-order valence-corrected chi connectivity index (χ1v) is 9.66. The van der Waals surface area contributed by atoms with E-state index in [1.807, 2.05) is 19.3 Å². The molecule has 3 rings (SSSR count). The Morgan fingerprint density at radius 2 is 2.10 bits per heavy atom. The highest BCUT2D eigenvalue weighted by atomic mass is 32.2. The summed E-state index contributed by atoms with van der Waals surface area (Å²) in [7, 11) is 0. The van der Waals surface area contributed by atoms with Crippen LogP contribution in [0.5, 0.6) is 5.75 Å². The van der Waals surface area contributed by atoms with Crippen molar-refractivity contribution in [3.63, 3.8) is 0 Å². The fourth-order valence-corrected chi connectivity index (χ4v) is 2.69. The summed E-state index contributed by atoms with van der Waals surface area (Å²) in [5.41, 5.74) is 7.01. The predicted octanol–water partition coefficient (Wildman–Crippen LogP) is 3.16. The maximum Gasteiger partial charge on any atom is 0.225 e. The minimum absolute atomic E-state index is 0.145. The maximum absolute atomic E-state index is 9.56. The highest BCUT2D eigenvalue weighted by Gasteiger charge is 2.17. The van der Waals surface area contributed by atoms with Crippen LogP contribution in [0.4, 0.5) is 11.8 Å². The van der Waals surface area contributed by atoms with E-state index in [0.29, 0.717) is 33.8 Å². The Morgan fingerprint density at radius 3 is 2.76 bits per heavy atom. The monoisotopic (exact) mass is 406 g/mol. The molecule has 0 aliphatic heterocycles. The van der Waals surface area contributed by atoms with Crippen LogP contribution in [-0.4, -0.2) is 30.8 Å². The number of nitriles is 1. The molecule has 0 amide bonds. The smallest absolute Gasteiger partial charge is 0.225 e. The molecule has 29 heavy (non-hydrogen) atoms. The molecule has 10 heteroatoms. The van der Waals surface area contributed by atoms with E-state index in [0.717, 1.165) is 0 Å². The molecule has 3 aromatic heterocycles. The number of ether oxygens (including phenoxy) is 1. The van der Waals surface area contributed by atoms with Crippen molar-refractivity contribution < 1.29 is 4.74 Å². The van der Waals surface area contributed by atoms with Gasteiger partial charge in [0.15, 0.2) is 16.6 Å². The van der Waals surface area contributed by atoms with Crippen LogP contribution in [0.3, 0.4) is 0 Å². The van der Waals surface area contributed by atoms with Crippen molar-refractivity contribution in [2.75, 3.05) is 17.3 Å². The molecular formula is C19H18N8OS. The lowest BCUT2D eigenvalue weighted by Gasteiger charge is -2.06. The van der Waals surface area contributed by atoms with Gasteiger partial charge >= 0.3 is 0 Å². The first-order valence-electron chi connectivity index (χ1n) is 8.44. The van der Waals surface area contributed by atoms with E-state index in [-0.39, 0.29) is 11.5 Å². The molecule has 0 unspecified atom stereocenters. The van der Waals surface area contributed by atoms with Crippen LogP contribution in [0.2, 0.25) is 0 Å². The van der Waals surface area contributed by atoms with Crippen LogP contribution >= 0.6 is 11.8 Å². The molecule has 0 saturated carbocycles. The molecule has 9 nitrogen and oxygen atoms in total. The van der Waals surface area contributed by atoms with Crippen molar-refractivity contribution in [2.45, 2.75) is 12.1 Å². The van der Waals surface area contributed by atoms with Crippen LogP contribution in [0.15, 0.2) is 65.9 Å². The number of fused-ring (bicyclic) bond motifs is 1. The van der Waals surface area contributed by atoms with Gasteiger partial charge in [-0.2, -0.15) is 14.8 Å². The fraction of sp³-hybridized carbons (Fsp3) is 0.105. The fourth-order valence-electron chi connectivity index (χ4n) is 2.32. The van der Waals surface area contributed by atoms with E-state index in [1.165, 1.54) is 16.3 Å². The SMILES string of the molecule is C=C(/C=C\C(=C/C)Oc1ccncc1)Nc1nn2c(N)nc(SC)nc2c1C#N. The summed E-state index contributed by atoms with van der Waals surface area (Å²) in [6.07, 6.45) is 10.4. The summed E-state index contributed by atoms with van der Waals surface area (Å²) in [5.74, 6) is 1.72. The molecule has 0 bridgehead atoms. The Kier molecular flexibility index (Phi) is 6.11. The predicted molar refractivity (Wildman–Crippen MR) is 112 cm³/mol. The largest absolute Gasteiger partial charge is 0.458 e. The van der Waals surface area contributed by atoms with Gasteiger partial charge in [0.2, 0.25) is 5.95 Å². The van der Waals surface area contributed by atoms with Gasteiger partial charge in [-0.1, -0.05) is 18.3 Å². The molecule has 0 aliphatic rings. The topological polar surface area (TPSA) is 127 Å². The van der Waals surface area contributed by atoms with Gasteiger partial charge in [0.05, 0.1) is 0 Å². The number of rotatable bonds is 7. The summed E-state index contributed by atoms with van der Waals surface area (Å²) in [6, 6.07) is 5.62. The van der Waals surface area contributed by atoms with Crippen molar-refractivity contribution in [2.24, 2.45) is 0 Å². The molecule has 0 radical (unpaired) electrons. The third kappa shape index (κ3) is 4.53. The molecule has 3 N–H and O–H groups in total. The number of hydrogen-bond acceptors (Lipinski definition) is 9. The summed E-state index contributed by atoms with van der Waals surface area (Å²) in [4.78, 5) is 12.4. The minimum atomic E-state index is 0.145. The highest BCUT2D eigenvalue weighted by Crippen LogP contribution is 2.23. The van der Waals surface area contributed by atoms with Crippen LogP contribution in [0.1, 0.15) is 12.5 Å². The highest BCUT2D eigenvalue weighted by molar-refractivity contribution is 7.98. The van der Waals surface area contributed by atoms with Crippen molar-refractivity contribution in [3.8, 4) is 11.8 Å². The molecule has 0 aliphatic carbocycles. The van der Waals surface area contributed by atoms with E-state index in [1.54, 1.807) is 36.7 Å². The third-order valence-corrected chi connectivity index (χ3v) is 4.23. The number of nitrogens with one attached hydrogen (secondary N) is 1. The minimum Gasteiger partial charge on any atom is -0.458 e. The molecule has 146 valence electrons. The van der Waals surface area contributed by atoms with Crippen LogP contribution in [-0.2, 0) is 0 Å². The van der Waals surface area contributed by atoms with E-state index < -0.39 is 0 Å². The number of aromatic nitrogens is 5. The van der Waals surface area contributed by atoms with Crippen LogP contribution in [0.25, 0.3) is 5.65 Å². The van der Waals surface area contributed by atoms with Gasteiger partial charge in [-0.3, -0.25) is 4.98 Å². The van der Waals surface area contributed by atoms with Gasteiger partial charge < -0.3 is 15.8 Å². The average Bonchev–Trinajstić information content (AvgIpc) is 3.09. The van der Waals surface area contributed by atoms with Crippen molar-refractivity contribution in [3.05, 3.63) is 66.4 Å². The molecule has 3 heterocycles. The number of allylic oxidation sites excluding steroid dienone is 3. The molecule has 0 spiro atoms. The number of nitrogen functional groups attached to an aromatic ring is 1. The molecule has 0 saturated heterocycles. The molecule has 0 aromatic carbocycles.